The number of aromatic carboxylic acids is 1. The van der Waals surface area contributed by atoms with Crippen molar-refractivity contribution in [2.24, 2.45) is 0 Å². The molecule has 0 saturated carbocycles. The van der Waals surface area contributed by atoms with Crippen molar-refractivity contribution in [2.75, 3.05) is 0 Å². The molecule has 110 valence electrons. The van der Waals surface area contributed by atoms with Gasteiger partial charge >= 0.3 is 5.97 Å². The molecule has 4 nitrogen and oxygen atoms in total. The summed E-state index contributed by atoms with van der Waals surface area (Å²) in [6.07, 6.45) is 0. The highest BCUT2D eigenvalue weighted by molar-refractivity contribution is 9.10. The molecule has 0 unspecified atom stereocenters. The van der Waals surface area contributed by atoms with Crippen molar-refractivity contribution in [1.29, 1.82) is 0 Å². The third-order valence-corrected chi connectivity index (χ3v) is 4.09. The Morgan fingerprint density at radius 3 is 2.24 bits per heavy atom. The average Bonchev–Trinajstić information content (AvgIpc) is 2.30. The molecule has 0 atom stereocenters. The van der Waals surface area contributed by atoms with E-state index in [1.54, 1.807) is 13.8 Å². The molecule has 1 aromatic carbocycles. The monoisotopic (exact) mass is 349 g/mol. The van der Waals surface area contributed by atoms with Gasteiger partial charge in [-0.05, 0) is 66.4 Å². The summed E-state index contributed by atoms with van der Waals surface area (Å²) >= 11 is 3.48. The first-order chi connectivity index (χ1) is 9.73. The van der Waals surface area contributed by atoms with Crippen LogP contribution in [0.15, 0.2) is 27.5 Å². The van der Waals surface area contributed by atoms with Crippen LogP contribution in [0, 0.1) is 27.7 Å². The number of benzene rings is 1. The van der Waals surface area contributed by atoms with Crippen LogP contribution in [-0.4, -0.2) is 15.6 Å². The summed E-state index contributed by atoms with van der Waals surface area (Å²) in [6, 6.07) is 5.24. The van der Waals surface area contributed by atoms with Gasteiger partial charge in [-0.2, -0.15) is 0 Å². The van der Waals surface area contributed by atoms with Gasteiger partial charge in [-0.3, -0.25) is 9.36 Å². The Morgan fingerprint density at radius 2 is 1.71 bits per heavy atom. The summed E-state index contributed by atoms with van der Waals surface area (Å²) in [5.41, 5.74) is 3.50. The first kappa shape index (κ1) is 15.5. The smallest absolute Gasteiger partial charge is 0.337 e. The zero-order valence-electron chi connectivity index (χ0n) is 12.3. The van der Waals surface area contributed by atoms with Crippen LogP contribution in [0.2, 0.25) is 0 Å². The first-order valence-corrected chi connectivity index (χ1v) is 7.27. The van der Waals surface area contributed by atoms with Crippen molar-refractivity contribution in [2.45, 2.75) is 27.7 Å². The van der Waals surface area contributed by atoms with Crippen LogP contribution in [-0.2, 0) is 0 Å². The minimum Gasteiger partial charge on any atom is -0.478 e. The summed E-state index contributed by atoms with van der Waals surface area (Å²) in [4.78, 5) is 23.8. The highest BCUT2D eigenvalue weighted by atomic mass is 79.9. The molecule has 0 aliphatic rings. The standard InChI is InChI=1S/C16H16BrNO3/c1-8-5-10(3)15(12(17)6-8)18-11(4)14(16(20)21)9(2)7-13(18)19/h5-7H,1-4H3,(H,20,21). The number of aryl methyl sites for hydroxylation is 3. The minimum atomic E-state index is -1.03. The van der Waals surface area contributed by atoms with Gasteiger partial charge in [-0.15, -0.1) is 0 Å². The number of rotatable bonds is 2. The van der Waals surface area contributed by atoms with Gasteiger partial charge < -0.3 is 5.11 Å². The predicted octanol–water partition coefficient (Wildman–Crippen LogP) is 3.53. The zero-order valence-corrected chi connectivity index (χ0v) is 13.9. The van der Waals surface area contributed by atoms with Gasteiger partial charge in [0, 0.05) is 16.2 Å². The van der Waals surface area contributed by atoms with Crippen LogP contribution in [0.5, 0.6) is 0 Å². The molecule has 2 rings (SSSR count). The summed E-state index contributed by atoms with van der Waals surface area (Å²) < 4.78 is 2.22. The number of hydrogen-bond donors (Lipinski definition) is 1. The molecular formula is C16H16BrNO3. The van der Waals surface area contributed by atoms with Gasteiger partial charge in [-0.25, -0.2) is 4.79 Å². The Labute approximate surface area is 131 Å². The second-order valence-electron chi connectivity index (χ2n) is 5.18. The fourth-order valence-electron chi connectivity index (χ4n) is 2.68. The van der Waals surface area contributed by atoms with E-state index < -0.39 is 5.97 Å². The van der Waals surface area contributed by atoms with Gasteiger partial charge in [0.25, 0.3) is 5.56 Å². The van der Waals surface area contributed by atoms with Crippen LogP contribution >= 0.6 is 15.9 Å². The molecule has 0 bridgehead atoms. The average molecular weight is 350 g/mol. The maximum Gasteiger partial charge on any atom is 0.337 e. The number of halogens is 1. The van der Waals surface area contributed by atoms with Crippen molar-refractivity contribution < 1.29 is 9.90 Å². The maximum atomic E-state index is 12.4. The van der Waals surface area contributed by atoms with Crippen LogP contribution in [0.4, 0.5) is 0 Å². The third kappa shape index (κ3) is 2.65. The lowest BCUT2D eigenvalue weighted by Crippen LogP contribution is -2.25. The van der Waals surface area contributed by atoms with Gasteiger partial charge in [-0.1, -0.05) is 6.07 Å². The molecule has 1 N–H and O–H groups in total. The van der Waals surface area contributed by atoms with E-state index in [9.17, 15) is 14.7 Å². The van der Waals surface area contributed by atoms with E-state index in [0.29, 0.717) is 16.9 Å². The molecule has 1 heterocycles. The fraction of sp³-hybridized carbons (Fsp3) is 0.250. The molecule has 0 aliphatic heterocycles. The minimum absolute atomic E-state index is 0.168. The fourth-order valence-corrected chi connectivity index (χ4v) is 3.53. The van der Waals surface area contributed by atoms with E-state index >= 15 is 0 Å². The summed E-state index contributed by atoms with van der Waals surface area (Å²) in [6.45, 7) is 7.16. The first-order valence-electron chi connectivity index (χ1n) is 6.47. The van der Waals surface area contributed by atoms with Crippen molar-refractivity contribution in [3.8, 4) is 5.69 Å². The van der Waals surface area contributed by atoms with Gasteiger partial charge in [0.05, 0.1) is 11.3 Å². The largest absolute Gasteiger partial charge is 0.478 e. The van der Waals surface area contributed by atoms with Gasteiger partial charge in [0.2, 0.25) is 0 Å². The molecule has 5 heteroatoms. The molecule has 0 fully saturated rings. The van der Waals surface area contributed by atoms with E-state index in [4.69, 9.17) is 0 Å². The zero-order chi connectivity index (χ0) is 15.9. The van der Waals surface area contributed by atoms with E-state index in [-0.39, 0.29) is 11.1 Å². The van der Waals surface area contributed by atoms with Crippen molar-refractivity contribution >= 4 is 21.9 Å². The Balaban J connectivity index is 2.92. The van der Waals surface area contributed by atoms with Gasteiger partial charge in [0.15, 0.2) is 0 Å². The van der Waals surface area contributed by atoms with Crippen LogP contribution in [0.25, 0.3) is 5.69 Å². The Hall–Kier alpha value is -1.88. The molecule has 21 heavy (non-hydrogen) atoms. The number of carbonyl (C=O) groups is 1. The van der Waals surface area contributed by atoms with Crippen LogP contribution < -0.4 is 5.56 Å². The number of nitrogens with zero attached hydrogens (tertiary/aromatic N) is 1. The Morgan fingerprint density at radius 1 is 1.10 bits per heavy atom. The van der Waals surface area contributed by atoms with E-state index in [1.807, 2.05) is 26.0 Å². The Kier molecular flexibility index (Phi) is 4.05. The molecular weight excluding hydrogens is 334 g/mol. The lowest BCUT2D eigenvalue weighted by molar-refractivity contribution is 0.0694. The van der Waals surface area contributed by atoms with Gasteiger partial charge in [0.1, 0.15) is 0 Å². The second kappa shape index (κ2) is 5.48. The highest BCUT2D eigenvalue weighted by Crippen LogP contribution is 2.27. The normalized spacial score (nSPS) is 10.7. The summed E-state index contributed by atoms with van der Waals surface area (Å²) in [5.74, 6) is -1.03. The number of pyridine rings is 1. The SMILES string of the molecule is Cc1cc(C)c(-n2c(C)c(C(=O)O)c(C)cc2=O)c(Br)c1. The predicted molar refractivity (Wildman–Crippen MR) is 85.6 cm³/mol. The van der Waals surface area contributed by atoms with Crippen molar-refractivity contribution in [3.63, 3.8) is 0 Å². The van der Waals surface area contributed by atoms with Crippen molar-refractivity contribution in [3.05, 3.63) is 61.0 Å². The molecule has 2 aromatic rings. The van der Waals surface area contributed by atoms with E-state index in [1.165, 1.54) is 10.6 Å². The lowest BCUT2D eigenvalue weighted by atomic mass is 10.1. The number of carboxylic acid groups (broad SMARTS) is 1. The topological polar surface area (TPSA) is 59.3 Å². The number of aromatic nitrogens is 1. The third-order valence-electron chi connectivity index (χ3n) is 3.49. The lowest BCUT2D eigenvalue weighted by Gasteiger charge is -2.18. The molecule has 0 saturated heterocycles. The highest BCUT2D eigenvalue weighted by Gasteiger charge is 2.19. The molecule has 1 aromatic heterocycles. The second-order valence-corrected chi connectivity index (χ2v) is 6.03. The van der Waals surface area contributed by atoms with Crippen molar-refractivity contribution in [1.82, 2.24) is 4.57 Å². The van der Waals surface area contributed by atoms with Crippen LogP contribution in [0.1, 0.15) is 32.7 Å². The quantitative estimate of drug-likeness (QED) is 0.901. The summed E-state index contributed by atoms with van der Waals surface area (Å²) in [7, 11) is 0. The van der Waals surface area contributed by atoms with E-state index in [2.05, 4.69) is 15.9 Å². The number of hydrogen-bond acceptors (Lipinski definition) is 2. The maximum absolute atomic E-state index is 12.4. The molecule has 0 radical (unpaired) electrons. The molecule has 0 aliphatic carbocycles. The Bertz CT molecular complexity index is 783. The number of carboxylic acids is 1. The molecule has 0 amide bonds. The molecule has 0 spiro atoms. The van der Waals surface area contributed by atoms with Crippen LogP contribution in [0.3, 0.4) is 0 Å². The van der Waals surface area contributed by atoms with E-state index in [0.717, 1.165) is 15.6 Å². The summed E-state index contributed by atoms with van der Waals surface area (Å²) in [5, 5.41) is 9.36.